The van der Waals surface area contributed by atoms with E-state index in [1.54, 1.807) is 6.07 Å². The van der Waals surface area contributed by atoms with Gasteiger partial charge in [0.05, 0.1) is 0 Å². The van der Waals surface area contributed by atoms with Gasteiger partial charge in [0, 0.05) is 50.6 Å². The van der Waals surface area contributed by atoms with Crippen LogP contribution in [0.1, 0.15) is 30.9 Å². The molecule has 0 saturated carbocycles. The maximum Gasteiger partial charge on any atom is 0.336 e. The van der Waals surface area contributed by atoms with Crippen LogP contribution >= 0.6 is 0 Å². The minimum absolute atomic E-state index is 0.220. The third-order valence-corrected chi connectivity index (χ3v) is 4.62. The molecule has 128 valence electrons. The zero-order valence-corrected chi connectivity index (χ0v) is 14.4. The first-order valence-corrected chi connectivity index (χ1v) is 8.60. The van der Waals surface area contributed by atoms with E-state index < -0.39 is 0 Å². The number of rotatable bonds is 3. The lowest BCUT2D eigenvalue weighted by Crippen LogP contribution is -2.34. The van der Waals surface area contributed by atoms with E-state index in [2.05, 4.69) is 4.90 Å². The molecule has 0 atom stereocenters. The molecule has 1 amide bonds. The zero-order valence-electron chi connectivity index (χ0n) is 14.4. The van der Waals surface area contributed by atoms with Crippen molar-refractivity contribution in [3.63, 3.8) is 0 Å². The first-order chi connectivity index (χ1) is 11.6. The summed E-state index contributed by atoms with van der Waals surface area (Å²) in [6.45, 7) is 7.94. The minimum atomic E-state index is -0.305. The number of hydrogen-bond acceptors (Lipinski definition) is 4. The van der Waals surface area contributed by atoms with Gasteiger partial charge < -0.3 is 9.32 Å². The van der Waals surface area contributed by atoms with Crippen molar-refractivity contribution < 1.29 is 9.21 Å². The lowest BCUT2D eigenvalue weighted by molar-refractivity contribution is -0.130. The quantitative estimate of drug-likeness (QED) is 0.813. The van der Waals surface area contributed by atoms with Gasteiger partial charge in [0.1, 0.15) is 5.58 Å². The van der Waals surface area contributed by atoms with Crippen LogP contribution in [0.2, 0.25) is 0 Å². The zero-order chi connectivity index (χ0) is 17.1. The normalized spacial score (nSPS) is 16.3. The first-order valence-electron chi connectivity index (χ1n) is 8.60. The van der Waals surface area contributed by atoms with Gasteiger partial charge in [-0.25, -0.2) is 4.79 Å². The fourth-order valence-electron chi connectivity index (χ4n) is 3.31. The molecule has 1 saturated heterocycles. The van der Waals surface area contributed by atoms with Gasteiger partial charge in [0.25, 0.3) is 0 Å². The average Bonchev–Trinajstić information content (AvgIpc) is 2.79. The first kappa shape index (κ1) is 16.7. The molecule has 2 heterocycles. The number of fused-ring (bicyclic) bond motifs is 1. The minimum Gasteiger partial charge on any atom is -0.423 e. The summed E-state index contributed by atoms with van der Waals surface area (Å²) in [5.74, 6) is 0.220. The van der Waals surface area contributed by atoms with Crippen LogP contribution < -0.4 is 5.63 Å². The molecule has 24 heavy (non-hydrogen) atoms. The van der Waals surface area contributed by atoms with Crippen LogP contribution in [0.15, 0.2) is 33.5 Å². The highest BCUT2D eigenvalue weighted by molar-refractivity contribution is 5.80. The van der Waals surface area contributed by atoms with Crippen molar-refractivity contribution >= 4 is 16.9 Å². The molecule has 0 radical (unpaired) electrons. The van der Waals surface area contributed by atoms with Crippen molar-refractivity contribution in [3.05, 3.63) is 45.8 Å². The Balaban J connectivity index is 1.80. The number of carbonyl (C=O) groups is 1. The van der Waals surface area contributed by atoms with Crippen molar-refractivity contribution in [2.75, 3.05) is 26.2 Å². The maximum atomic E-state index is 11.9. The predicted octanol–water partition coefficient (Wildman–Crippen LogP) is 2.55. The molecule has 2 aromatic rings. The summed E-state index contributed by atoms with van der Waals surface area (Å²) in [5, 5.41) is 0.992. The summed E-state index contributed by atoms with van der Waals surface area (Å²) >= 11 is 0. The van der Waals surface area contributed by atoms with Gasteiger partial charge in [-0.05, 0) is 30.5 Å². The maximum absolute atomic E-state index is 11.9. The van der Waals surface area contributed by atoms with E-state index in [-0.39, 0.29) is 11.5 Å². The number of carbonyl (C=O) groups excluding carboxylic acids is 1. The van der Waals surface area contributed by atoms with E-state index in [4.69, 9.17) is 4.42 Å². The van der Waals surface area contributed by atoms with Gasteiger partial charge in [0.15, 0.2) is 0 Å². The van der Waals surface area contributed by atoms with Gasteiger partial charge in [-0.3, -0.25) is 9.69 Å². The molecule has 1 aliphatic rings. The van der Waals surface area contributed by atoms with Crippen molar-refractivity contribution in [3.8, 4) is 0 Å². The van der Waals surface area contributed by atoms with Gasteiger partial charge in [-0.2, -0.15) is 0 Å². The molecule has 5 nitrogen and oxygen atoms in total. The monoisotopic (exact) mass is 328 g/mol. The second kappa shape index (κ2) is 7.18. The number of benzene rings is 1. The highest BCUT2D eigenvalue weighted by atomic mass is 16.4. The molecule has 1 fully saturated rings. The predicted molar refractivity (Wildman–Crippen MR) is 94.0 cm³/mol. The molecule has 0 unspecified atom stereocenters. The Kier molecular flexibility index (Phi) is 5.00. The smallest absolute Gasteiger partial charge is 0.336 e. The topological polar surface area (TPSA) is 53.8 Å². The Hall–Kier alpha value is -2.14. The summed E-state index contributed by atoms with van der Waals surface area (Å²) in [7, 11) is 0. The van der Waals surface area contributed by atoms with Crippen LogP contribution in [0.4, 0.5) is 0 Å². The molecular weight excluding hydrogens is 304 g/mol. The molecule has 0 N–H and O–H groups in total. The van der Waals surface area contributed by atoms with E-state index in [0.29, 0.717) is 18.5 Å². The van der Waals surface area contributed by atoms with Crippen molar-refractivity contribution in [1.29, 1.82) is 0 Å². The van der Waals surface area contributed by atoms with Crippen LogP contribution in [0, 0.1) is 6.92 Å². The lowest BCUT2D eigenvalue weighted by Gasteiger charge is -2.22. The fourth-order valence-corrected chi connectivity index (χ4v) is 3.31. The summed E-state index contributed by atoms with van der Waals surface area (Å²) in [6.07, 6.45) is 1.52. The molecule has 5 heteroatoms. The lowest BCUT2D eigenvalue weighted by atomic mass is 10.1. The van der Waals surface area contributed by atoms with Gasteiger partial charge in [0.2, 0.25) is 5.91 Å². The Morgan fingerprint density at radius 3 is 2.79 bits per heavy atom. The number of amides is 1. The highest BCUT2D eigenvalue weighted by Crippen LogP contribution is 2.20. The Morgan fingerprint density at radius 1 is 1.17 bits per heavy atom. The number of nitrogens with zero attached hydrogens (tertiary/aromatic N) is 2. The van der Waals surface area contributed by atoms with E-state index in [1.807, 2.05) is 36.9 Å². The standard InChI is InChI=1S/C19H24N2O3/c1-3-18(22)21-8-4-7-20(9-10-21)13-15-12-19(23)24-17-11-14(2)5-6-16(15)17/h5-6,11-12H,3-4,7-10,13H2,1-2H3. The SMILES string of the molecule is CCC(=O)N1CCCN(Cc2cc(=O)oc3cc(C)ccc23)CC1. The van der Waals surface area contributed by atoms with E-state index in [0.717, 1.165) is 49.1 Å². The van der Waals surface area contributed by atoms with Crippen LogP contribution in [0.5, 0.6) is 0 Å². The number of aryl methyl sites for hydroxylation is 1. The van der Waals surface area contributed by atoms with Crippen molar-refractivity contribution in [2.45, 2.75) is 33.2 Å². The third kappa shape index (κ3) is 3.67. The van der Waals surface area contributed by atoms with Crippen LogP contribution in [0.25, 0.3) is 11.0 Å². The Labute approximate surface area is 141 Å². The van der Waals surface area contributed by atoms with E-state index >= 15 is 0 Å². The van der Waals surface area contributed by atoms with Gasteiger partial charge >= 0.3 is 5.63 Å². The fraction of sp³-hybridized carbons (Fsp3) is 0.474. The molecule has 0 spiro atoms. The van der Waals surface area contributed by atoms with Crippen molar-refractivity contribution in [2.24, 2.45) is 0 Å². The molecule has 1 aromatic heterocycles. The van der Waals surface area contributed by atoms with E-state index in [9.17, 15) is 9.59 Å². The van der Waals surface area contributed by atoms with Crippen LogP contribution in [-0.2, 0) is 11.3 Å². The summed E-state index contributed by atoms with van der Waals surface area (Å²) in [6, 6.07) is 7.56. The van der Waals surface area contributed by atoms with Gasteiger partial charge in [-0.15, -0.1) is 0 Å². The van der Waals surface area contributed by atoms with Crippen molar-refractivity contribution in [1.82, 2.24) is 9.80 Å². The molecule has 0 bridgehead atoms. The third-order valence-electron chi connectivity index (χ3n) is 4.62. The van der Waals surface area contributed by atoms with Crippen LogP contribution in [-0.4, -0.2) is 41.9 Å². The number of hydrogen-bond donors (Lipinski definition) is 0. The molecule has 0 aliphatic carbocycles. The summed E-state index contributed by atoms with van der Waals surface area (Å²) in [4.78, 5) is 28.0. The molecule has 1 aliphatic heterocycles. The van der Waals surface area contributed by atoms with Gasteiger partial charge in [-0.1, -0.05) is 19.1 Å². The average molecular weight is 328 g/mol. The van der Waals surface area contributed by atoms with E-state index in [1.165, 1.54) is 0 Å². The molecule has 3 rings (SSSR count). The largest absolute Gasteiger partial charge is 0.423 e. The Bertz CT molecular complexity index is 797. The molecule has 1 aromatic carbocycles. The second-order valence-electron chi connectivity index (χ2n) is 6.45. The summed E-state index contributed by atoms with van der Waals surface area (Å²) in [5.41, 5.74) is 2.42. The second-order valence-corrected chi connectivity index (χ2v) is 6.45. The highest BCUT2D eigenvalue weighted by Gasteiger charge is 2.19. The summed E-state index contributed by atoms with van der Waals surface area (Å²) < 4.78 is 5.33. The Morgan fingerprint density at radius 2 is 2.00 bits per heavy atom. The van der Waals surface area contributed by atoms with Crippen LogP contribution in [0.3, 0.4) is 0 Å². The molecular formula is C19H24N2O3.